The highest BCUT2D eigenvalue weighted by atomic mass is 16.5. The van der Waals surface area contributed by atoms with E-state index in [0.717, 1.165) is 23.1 Å². The minimum absolute atomic E-state index is 0.0277. The number of methoxy groups -OCH3 is 1. The van der Waals surface area contributed by atoms with Crippen LogP contribution < -0.4 is 5.73 Å². The van der Waals surface area contributed by atoms with Crippen LogP contribution in [0.25, 0.3) is 0 Å². The summed E-state index contributed by atoms with van der Waals surface area (Å²) in [5.74, 6) is 0. The Bertz CT molecular complexity index is 367. The maximum absolute atomic E-state index is 10.3. The minimum Gasteiger partial charge on any atom is -0.388 e. The van der Waals surface area contributed by atoms with Crippen molar-refractivity contribution in [2.24, 2.45) is 5.73 Å². The van der Waals surface area contributed by atoms with Crippen molar-refractivity contribution in [2.75, 3.05) is 13.7 Å². The lowest BCUT2D eigenvalue weighted by atomic mass is 9.92. The zero-order valence-electron chi connectivity index (χ0n) is 11.9. The number of rotatable bonds is 6. The first-order valence-corrected chi connectivity index (χ1v) is 6.46. The molecule has 18 heavy (non-hydrogen) atoms. The van der Waals surface area contributed by atoms with E-state index in [-0.39, 0.29) is 6.04 Å². The molecule has 102 valence electrons. The monoisotopic (exact) mass is 251 g/mol. The molecule has 0 bridgehead atoms. The second-order valence-electron chi connectivity index (χ2n) is 5.11. The van der Waals surface area contributed by atoms with Crippen molar-refractivity contribution in [1.29, 1.82) is 0 Å². The van der Waals surface area contributed by atoms with Crippen LogP contribution in [-0.4, -0.2) is 24.9 Å². The maximum Gasteiger partial charge on any atom is 0.0809 e. The van der Waals surface area contributed by atoms with Gasteiger partial charge in [0.1, 0.15) is 0 Å². The fourth-order valence-electron chi connectivity index (χ4n) is 2.51. The lowest BCUT2D eigenvalue weighted by molar-refractivity contribution is 0.140. The predicted octanol–water partition coefficient (Wildman–Crippen LogP) is 2.40. The summed E-state index contributed by atoms with van der Waals surface area (Å²) in [5, 5.41) is 10.3. The molecule has 2 atom stereocenters. The third kappa shape index (κ3) is 4.09. The van der Waals surface area contributed by atoms with Crippen molar-refractivity contribution in [1.82, 2.24) is 0 Å². The molecule has 0 saturated heterocycles. The maximum atomic E-state index is 10.3. The van der Waals surface area contributed by atoms with E-state index in [0.29, 0.717) is 13.0 Å². The van der Waals surface area contributed by atoms with Gasteiger partial charge in [0.2, 0.25) is 0 Å². The van der Waals surface area contributed by atoms with Crippen molar-refractivity contribution in [3.63, 3.8) is 0 Å². The number of aryl methyl sites for hydroxylation is 3. The molecule has 0 heterocycles. The van der Waals surface area contributed by atoms with Crippen molar-refractivity contribution in [3.8, 4) is 0 Å². The van der Waals surface area contributed by atoms with Gasteiger partial charge in [-0.05, 0) is 50.3 Å². The first kappa shape index (κ1) is 15.2. The van der Waals surface area contributed by atoms with Crippen LogP contribution in [0.4, 0.5) is 0 Å². The van der Waals surface area contributed by atoms with Gasteiger partial charge in [0.05, 0.1) is 6.10 Å². The molecule has 0 aliphatic rings. The van der Waals surface area contributed by atoms with Gasteiger partial charge in [-0.15, -0.1) is 0 Å². The average molecular weight is 251 g/mol. The summed E-state index contributed by atoms with van der Waals surface area (Å²) in [7, 11) is 1.66. The molecule has 0 amide bonds. The van der Waals surface area contributed by atoms with Gasteiger partial charge in [0.15, 0.2) is 0 Å². The van der Waals surface area contributed by atoms with Crippen LogP contribution in [0.5, 0.6) is 0 Å². The van der Waals surface area contributed by atoms with E-state index in [4.69, 9.17) is 10.5 Å². The molecule has 2 unspecified atom stereocenters. The number of benzene rings is 1. The van der Waals surface area contributed by atoms with E-state index in [1.807, 2.05) is 13.8 Å². The Labute approximate surface area is 110 Å². The Hall–Kier alpha value is -0.900. The van der Waals surface area contributed by atoms with Gasteiger partial charge < -0.3 is 15.6 Å². The lowest BCUT2D eigenvalue weighted by Gasteiger charge is -2.20. The Morgan fingerprint density at radius 3 is 2.28 bits per heavy atom. The Balaban J connectivity index is 2.75. The zero-order valence-corrected chi connectivity index (χ0v) is 11.9. The summed E-state index contributed by atoms with van der Waals surface area (Å²) in [5.41, 5.74) is 10.5. The molecule has 1 aromatic carbocycles. The fraction of sp³-hybridized carbons (Fsp3) is 0.600. The second kappa shape index (κ2) is 6.88. The summed E-state index contributed by atoms with van der Waals surface area (Å²) in [6.07, 6.45) is 0.864. The van der Waals surface area contributed by atoms with Gasteiger partial charge in [-0.25, -0.2) is 0 Å². The van der Waals surface area contributed by atoms with Crippen LogP contribution in [0.15, 0.2) is 12.1 Å². The highest BCUT2D eigenvalue weighted by molar-refractivity contribution is 5.38. The molecule has 0 saturated carbocycles. The normalized spacial score (nSPS) is 14.6. The number of ether oxygens (including phenoxy) is 1. The quantitative estimate of drug-likeness (QED) is 0.816. The number of aliphatic hydroxyl groups excluding tert-OH is 1. The van der Waals surface area contributed by atoms with Crippen molar-refractivity contribution >= 4 is 0 Å². The van der Waals surface area contributed by atoms with Gasteiger partial charge in [-0.3, -0.25) is 0 Å². The molecular formula is C15H25NO2. The Morgan fingerprint density at radius 1 is 1.22 bits per heavy atom. The molecule has 1 aromatic rings. The Morgan fingerprint density at radius 2 is 1.78 bits per heavy atom. The summed E-state index contributed by atoms with van der Waals surface area (Å²) in [6, 6.07) is 4.18. The summed E-state index contributed by atoms with van der Waals surface area (Å²) in [4.78, 5) is 0. The van der Waals surface area contributed by atoms with Crippen LogP contribution in [0, 0.1) is 20.8 Å². The molecular weight excluding hydrogens is 226 g/mol. The first-order valence-electron chi connectivity index (χ1n) is 6.46. The molecule has 0 radical (unpaired) electrons. The van der Waals surface area contributed by atoms with Gasteiger partial charge in [0.25, 0.3) is 0 Å². The number of nitrogens with two attached hydrogens (primary N) is 1. The molecule has 0 aromatic heterocycles. The summed E-state index contributed by atoms with van der Waals surface area (Å²) >= 11 is 0. The van der Waals surface area contributed by atoms with Crippen LogP contribution in [0.1, 0.15) is 41.2 Å². The van der Waals surface area contributed by atoms with Crippen molar-refractivity contribution < 1.29 is 9.84 Å². The molecule has 3 heteroatoms. The van der Waals surface area contributed by atoms with Gasteiger partial charge >= 0.3 is 0 Å². The smallest absolute Gasteiger partial charge is 0.0809 e. The fourth-order valence-corrected chi connectivity index (χ4v) is 2.51. The van der Waals surface area contributed by atoms with Crippen molar-refractivity contribution in [2.45, 2.75) is 45.8 Å². The van der Waals surface area contributed by atoms with E-state index in [2.05, 4.69) is 19.1 Å². The molecule has 3 N–H and O–H groups in total. The van der Waals surface area contributed by atoms with Crippen LogP contribution in [-0.2, 0) is 4.74 Å². The lowest BCUT2D eigenvalue weighted by Crippen LogP contribution is -2.25. The van der Waals surface area contributed by atoms with Crippen LogP contribution in [0.2, 0.25) is 0 Å². The number of aliphatic hydroxyl groups is 1. The van der Waals surface area contributed by atoms with E-state index in [1.165, 1.54) is 5.56 Å². The largest absolute Gasteiger partial charge is 0.388 e. The number of hydrogen-bond donors (Lipinski definition) is 2. The van der Waals surface area contributed by atoms with Crippen LogP contribution in [0.3, 0.4) is 0 Å². The SMILES string of the molecule is COCCC(N)CC(O)c1c(C)cc(C)cc1C. The standard InChI is InChI=1S/C15H25NO2/c1-10-7-11(2)15(12(3)8-10)14(17)9-13(16)5-6-18-4/h7-8,13-14,17H,5-6,9,16H2,1-4H3. The predicted molar refractivity (Wildman–Crippen MR) is 74.7 cm³/mol. The van der Waals surface area contributed by atoms with Crippen LogP contribution >= 0.6 is 0 Å². The highest BCUT2D eigenvalue weighted by Crippen LogP contribution is 2.26. The topological polar surface area (TPSA) is 55.5 Å². The number of hydrogen-bond acceptors (Lipinski definition) is 3. The second-order valence-corrected chi connectivity index (χ2v) is 5.11. The zero-order chi connectivity index (χ0) is 13.7. The van der Waals surface area contributed by atoms with E-state index in [1.54, 1.807) is 7.11 Å². The summed E-state index contributed by atoms with van der Waals surface area (Å²) in [6.45, 7) is 6.79. The van der Waals surface area contributed by atoms with Crippen molar-refractivity contribution in [3.05, 3.63) is 34.4 Å². The first-order chi connectivity index (χ1) is 8.45. The molecule has 3 nitrogen and oxygen atoms in total. The molecule has 1 rings (SSSR count). The van der Waals surface area contributed by atoms with E-state index >= 15 is 0 Å². The third-order valence-electron chi connectivity index (χ3n) is 3.29. The summed E-state index contributed by atoms with van der Waals surface area (Å²) < 4.78 is 5.00. The molecule has 0 aliphatic carbocycles. The average Bonchev–Trinajstić information content (AvgIpc) is 2.24. The minimum atomic E-state index is -0.488. The Kier molecular flexibility index (Phi) is 5.79. The van der Waals surface area contributed by atoms with Gasteiger partial charge in [-0.2, -0.15) is 0 Å². The van der Waals surface area contributed by atoms with Gasteiger partial charge in [0, 0.05) is 19.8 Å². The van der Waals surface area contributed by atoms with E-state index < -0.39 is 6.10 Å². The molecule has 0 spiro atoms. The molecule has 0 aliphatic heterocycles. The highest BCUT2D eigenvalue weighted by Gasteiger charge is 2.17. The third-order valence-corrected chi connectivity index (χ3v) is 3.29. The van der Waals surface area contributed by atoms with E-state index in [9.17, 15) is 5.11 Å². The molecule has 0 fully saturated rings. The van der Waals surface area contributed by atoms with Gasteiger partial charge in [-0.1, -0.05) is 17.7 Å².